The standard InChI is InChI=1S/C13H28O6/c1-12(2)13(9-17-6-3-14,10-18-7-4-15)11-19-8-5-16/h12,14-16H,3-11H2,1-2H3. The minimum absolute atomic E-state index is 0.0246. The van der Waals surface area contributed by atoms with Crippen molar-refractivity contribution in [3.05, 3.63) is 0 Å². The van der Waals surface area contributed by atoms with Crippen LogP contribution in [0.25, 0.3) is 0 Å². The molecule has 0 aliphatic heterocycles. The van der Waals surface area contributed by atoms with Gasteiger partial charge in [-0.3, -0.25) is 0 Å². The van der Waals surface area contributed by atoms with E-state index in [1.165, 1.54) is 0 Å². The first-order valence-electron chi connectivity index (χ1n) is 6.68. The van der Waals surface area contributed by atoms with Crippen LogP contribution < -0.4 is 0 Å². The molecular weight excluding hydrogens is 252 g/mol. The zero-order valence-corrected chi connectivity index (χ0v) is 12.0. The summed E-state index contributed by atoms with van der Waals surface area (Å²) < 4.78 is 16.3. The molecule has 3 N–H and O–H groups in total. The topological polar surface area (TPSA) is 88.4 Å². The van der Waals surface area contributed by atoms with E-state index in [4.69, 9.17) is 29.5 Å². The summed E-state index contributed by atoms with van der Waals surface area (Å²) in [5.41, 5.74) is -0.348. The molecule has 0 saturated carbocycles. The summed E-state index contributed by atoms with van der Waals surface area (Å²) in [4.78, 5) is 0. The Kier molecular flexibility index (Phi) is 11.4. The number of hydrogen-bond donors (Lipinski definition) is 3. The molecule has 6 nitrogen and oxygen atoms in total. The van der Waals surface area contributed by atoms with Crippen molar-refractivity contribution in [2.75, 3.05) is 59.5 Å². The van der Waals surface area contributed by atoms with Crippen LogP contribution in [0.1, 0.15) is 13.8 Å². The average molecular weight is 280 g/mol. The van der Waals surface area contributed by atoms with Gasteiger partial charge in [0.25, 0.3) is 0 Å². The second kappa shape index (κ2) is 11.6. The Morgan fingerprint density at radius 1 is 0.737 bits per heavy atom. The monoisotopic (exact) mass is 280 g/mol. The van der Waals surface area contributed by atoms with Crippen LogP contribution in [0.3, 0.4) is 0 Å². The maximum Gasteiger partial charge on any atom is 0.0698 e. The normalized spacial score (nSPS) is 12.3. The Labute approximate surface area is 115 Å². The fraction of sp³-hybridized carbons (Fsp3) is 1.00. The Hall–Kier alpha value is -0.240. The van der Waals surface area contributed by atoms with Gasteiger partial charge in [-0.05, 0) is 5.92 Å². The van der Waals surface area contributed by atoms with Gasteiger partial charge in [0.15, 0.2) is 0 Å². The predicted molar refractivity (Wildman–Crippen MR) is 71.0 cm³/mol. The number of rotatable bonds is 13. The van der Waals surface area contributed by atoms with Gasteiger partial charge in [-0.2, -0.15) is 0 Å². The molecule has 0 aliphatic rings. The fourth-order valence-electron chi connectivity index (χ4n) is 1.64. The van der Waals surface area contributed by atoms with Crippen molar-refractivity contribution < 1.29 is 29.5 Å². The van der Waals surface area contributed by atoms with Gasteiger partial charge in [0, 0.05) is 5.41 Å². The molecule has 0 aromatic carbocycles. The van der Waals surface area contributed by atoms with E-state index in [0.29, 0.717) is 19.8 Å². The Morgan fingerprint density at radius 3 is 1.26 bits per heavy atom. The number of aliphatic hydroxyl groups is 3. The third-order valence-electron chi connectivity index (χ3n) is 3.10. The molecule has 0 heterocycles. The van der Waals surface area contributed by atoms with Crippen LogP contribution in [-0.4, -0.2) is 74.8 Å². The van der Waals surface area contributed by atoms with Gasteiger partial charge in [-0.25, -0.2) is 0 Å². The van der Waals surface area contributed by atoms with E-state index < -0.39 is 0 Å². The van der Waals surface area contributed by atoms with Crippen molar-refractivity contribution in [1.82, 2.24) is 0 Å². The van der Waals surface area contributed by atoms with Crippen molar-refractivity contribution in [1.29, 1.82) is 0 Å². The van der Waals surface area contributed by atoms with E-state index in [1.54, 1.807) is 0 Å². The number of aliphatic hydroxyl groups excluding tert-OH is 3. The van der Waals surface area contributed by atoms with Crippen LogP contribution >= 0.6 is 0 Å². The predicted octanol–water partition coefficient (Wildman–Crippen LogP) is -0.344. The zero-order valence-electron chi connectivity index (χ0n) is 12.0. The van der Waals surface area contributed by atoms with E-state index >= 15 is 0 Å². The minimum atomic E-state index is -0.348. The SMILES string of the molecule is CC(C)C(COCCO)(COCCO)COCCO. The van der Waals surface area contributed by atoms with Gasteiger partial charge in [-0.15, -0.1) is 0 Å². The molecule has 116 valence electrons. The van der Waals surface area contributed by atoms with Gasteiger partial charge in [0.2, 0.25) is 0 Å². The lowest BCUT2D eigenvalue weighted by molar-refractivity contribution is -0.101. The van der Waals surface area contributed by atoms with Crippen molar-refractivity contribution in [2.45, 2.75) is 13.8 Å². The second-order valence-electron chi connectivity index (χ2n) is 4.85. The molecule has 0 aliphatic carbocycles. The molecule has 0 unspecified atom stereocenters. The van der Waals surface area contributed by atoms with Crippen molar-refractivity contribution in [3.63, 3.8) is 0 Å². The molecule has 0 aromatic rings. The molecular formula is C13H28O6. The van der Waals surface area contributed by atoms with E-state index in [-0.39, 0.29) is 51.0 Å². The summed E-state index contributed by atoms with van der Waals surface area (Å²) in [6, 6.07) is 0. The van der Waals surface area contributed by atoms with Gasteiger partial charge in [0.05, 0.1) is 59.5 Å². The largest absolute Gasteiger partial charge is 0.394 e. The van der Waals surface area contributed by atoms with Gasteiger partial charge in [-0.1, -0.05) is 13.8 Å². The summed E-state index contributed by atoms with van der Waals surface area (Å²) in [6.07, 6.45) is 0. The number of ether oxygens (including phenoxy) is 3. The molecule has 0 saturated heterocycles. The third-order valence-corrected chi connectivity index (χ3v) is 3.10. The molecule has 6 heteroatoms. The maximum absolute atomic E-state index is 8.78. The molecule has 0 spiro atoms. The first-order chi connectivity index (χ1) is 9.13. The Balaban J connectivity index is 4.48. The van der Waals surface area contributed by atoms with Crippen LogP contribution in [-0.2, 0) is 14.2 Å². The first-order valence-corrected chi connectivity index (χ1v) is 6.68. The quantitative estimate of drug-likeness (QED) is 0.400. The summed E-state index contributed by atoms with van der Waals surface area (Å²) >= 11 is 0. The minimum Gasteiger partial charge on any atom is -0.394 e. The molecule has 19 heavy (non-hydrogen) atoms. The summed E-state index contributed by atoms with van der Waals surface area (Å²) in [6.45, 7) is 6.05. The van der Waals surface area contributed by atoms with Crippen LogP contribution in [0.5, 0.6) is 0 Å². The van der Waals surface area contributed by atoms with Gasteiger partial charge in [0.1, 0.15) is 0 Å². The highest BCUT2D eigenvalue weighted by molar-refractivity contribution is 4.82. The fourth-order valence-corrected chi connectivity index (χ4v) is 1.64. The summed E-state index contributed by atoms with van der Waals surface area (Å²) in [5, 5.41) is 26.3. The molecule has 0 fully saturated rings. The molecule has 0 radical (unpaired) electrons. The second-order valence-corrected chi connectivity index (χ2v) is 4.85. The summed E-state index contributed by atoms with van der Waals surface area (Å²) in [7, 11) is 0. The van der Waals surface area contributed by atoms with Gasteiger partial charge < -0.3 is 29.5 Å². The van der Waals surface area contributed by atoms with Crippen molar-refractivity contribution >= 4 is 0 Å². The highest BCUT2D eigenvalue weighted by Gasteiger charge is 2.35. The average Bonchev–Trinajstić information content (AvgIpc) is 2.38. The van der Waals surface area contributed by atoms with Crippen molar-refractivity contribution in [3.8, 4) is 0 Å². The van der Waals surface area contributed by atoms with Crippen LogP contribution in [0.2, 0.25) is 0 Å². The molecule has 0 amide bonds. The third kappa shape index (κ3) is 7.81. The maximum atomic E-state index is 8.78. The summed E-state index contributed by atoms with van der Waals surface area (Å²) in [5.74, 6) is 0.239. The highest BCUT2D eigenvalue weighted by Crippen LogP contribution is 2.29. The zero-order chi connectivity index (χ0) is 14.6. The van der Waals surface area contributed by atoms with E-state index in [9.17, 15) is 0 Å². The lowest BCUT2D eigenvalue weighted by Gasteiger charge is -2.36. The van der Waals surface area contributed by atoms with Crippen LogP contribution in [0.15, 0.2) is 0 Å². The van der Waals surface area contributed by atoms with Crippen LogP contribution in [0.4, 0.5) is 0 Å². The lowest BCUT2D eigenvalue weighted by atomic mass is 9.79. The van der Waals surface area contributed by atoms with Crippen LogP contribution in [0, 0.1) is 11.3 Å². The first kappa shape index (κ1) is 18.8. The Morgan fingerprint density at radius 2 is 1.05 bits per heavy atom. The molecule has 0 atom stereocenters. The van der Waals surface area contributed by atoms with Gasteiger partial charge >= 0.3 is 0 Å². The number of hydrogen-bond acceptors (Lipinski definition) is 6. The van der Waals surface area contributed by atoms with Crippen molar-refractivity contribution in [2.24, 2.45) is 11.3 Å². The smallest absolute Gasteiger partial charge is 0.0698 e. The molecule has 0 bridgehead atoms. The Bertz CT molecular complexity index is 171. The van der Waals surface area contributed by atoms with E-state index in [1.807, 2.05) is 13.8 Å². The molecule has 0 aromatic heterocycles. The molecule has 0 rings (SSSR count). The van der Waals surface area contributed by atoms with E-state index in [2.05, 4.69) is 0 Å². The highest BCUT2D eigenvalue weighted by atomic mass is 16.5. The lowest BCUT2D eigenvalue weighted by Crippen LogP contribution is -2.42. The van der Waals surface area contributed by atoms with E-state index in [0.717, 1.165) is 0 Å².